The Morgan fingerprint density at radius 3 is 2.81 bits per heavy atom. The Morgan fingerprint density at radius 1 is 1.41 bits per heavy atom. The molecule has 27 heavy (non-hydrogen) atoms. The highest BCUT2D eigenvalue weighted by atomic mass is 19.1. The average Bonchev–Trinajstić information content (AvgIpc) is 3.08. The number of hydrogen-bond donors (Lipinski definition) is 2. The van der Waals surface area contributed by atoms with E-state index in [1.165, 1.54) is 0 Å². The van der Waals surface area contributed by atoms with Gasteiger partial charge in [-0.25, -0.2) is 4.52 Å². The normalized spacial score (nSPS) is 13.7. The van der Waals surface area contributed by atoms with E-state index in [0.29, 0.717) is 12.2 Å². The molecular formula is C19H26FN7. The lowest BCUT2D eigenvalue weighted by atomic mass is 10.1. The molecule has 144 valence electrons. The van der Waals surface area contributed by atoms with Crippen molar-refractivity contribution in [2.24, 2.45) is 9.98 Å². The SMILES string of the molecule is CC\C(=C/N=C(C)\C=C/C(=NC)c1ccn2nc(N)nc(NC)c12)CCF. The fraction of sp³-hybridized carbons (Fsp3) is 0.368. The Hall–Kier alpha value is -3.03. The Bertz CT molecular complexity index is 906. The minimum absolute atomic E-state index is 0.189. The monoisotopic (exact) mass is 371 g/mol. The summed E-state index contributed by atoms with van der Waals surface area (Å²) in [4.78, 5) is 13.0. The first-order valence-electron chi connectivity index (χ1n) is 8.80. The first-order chi connectivity index (χ1) is 13.0. The number of aliphatic imine (C=N–C) groups is 2. The molecule has 0 saturated carbocycles. The van der Waals surface area contributed by atoms with Crippen LogP contribution >= 0.6 is 0 Å². The van der Waals surface area contributed by atoms with Gasteiger partial charge in [0.15, 0.2) is 5.82 Å². The van der Waals surface area contributed by atoms with Crippen molar-refractivity contribution in [2.75, 3.05) is 31.8 Å². The number of hydrogen-bond acceptors (Lipinski definition) is 6. The van der Waals surface area contributed by atoms with E-state index in [1.807, 2.05) is 38.3 Å². The van der Waals surface area contributed by atoms with Gasteiger partial charge in [0.2, 0.25) is 5.95 Å². The number of nitrogens with two attached hydrogens (primary N) is 1. The van der Waals surface area contributed by atoms with E-state index in [1.54, 1.807) is 24.8 Å². The molecule has 0 radical (unpaired) electrons. The van der Waals surface area contributed by atoms with E-state index in [0.717, 1.165) is 34.5 Å². The number of anilines is 2. The number of aromatic nitrogens is 3. The number of nitrogen functional groups attached to an aromatic ring is 1. The first-order valence-corrected chi connectivity index (χ1v) is 8.80. The molecule has 2 rings (SSSR count). The van der Waals surface area contributed by atoms with Crippen LogP contribution in [0.1, 0.15) is 32.3 Å². The molecule has 7 nitrogen and oxygen atoms in total. The molecule has 2 aromatic rings. The summed E-state index contributed by atoms with van der Waals surface area (Å²) in [5, 5.41) is 7.23. The molecule has 0 saturated heterocycles. The second-order valence-electron chi connectivity index (χ2n) is 5.88. The van der Waals surface area contributed by atoms with E-state index in [-0.39, 0.29) is 12.6 Å². The van der Waals surface area contributed by atoms with Crippen LogP contribution in [0.2, 0.25) is 0 Å². The maximum absolute atomic E-state index is 12.5. The summed E-state index contributed by atoms with van der Waals surface area (Å²) in [5.74, 6) is 0.818. The van der Waals surface area contributed by atoms with Gasteiger partial charge in [0, 0.05) is 37.8 Å². The molecule has 0 aromatic carbocycles. The van der Waals surface area contributed by atoms with Gasteiger partial charge >= 0.3 is 0 Å². The highest BCUT2D eigenvalue weighted by Gasteiger charge is 2.13. The summed E-state index contributed by atoms with van der Waals surface area (Å²) in [7, 11) is 3.51. The van der Waals surface area contributed by atoms with Gasteiger partial charge in [-0.15, -0.1) is 5.10 Å². The highest BCUT2D eigenvalue weighted by molar-refractivity contribution is 6.16. The van der Waals surface area contributed by atoms with Crippen molar-refractivity contribution in [1.29, 1.82) is 0 Å². The highest BCUT2D eigenvalue weighted by Crippen LogP contribution is 2.21. The van der Waals surface area contributed by atoms with Crippen LogP contribution in [0.15, 0.2) is 46.2 Å². The predicted octanol–water partition coefficient (Wildman–Crippen LogP) is 3.44. The minimum Gasteiger partial charge on any atom is -0.371 e. The molecule has 0 unspecified atom stereocenters. The van der Waals surface area contributed by atoms with E-state index >= 15 is 0 Å². The van der Waals surface area contributed by atoms with E-state index in [4.69, 9.17) is 5.73 Å². The number of allylic oxidation sites excluding steroid dienone is 3. The summed E-state index contributed by atoms with van der Waals surface area (Å²) in [6, 6.07) is 1.92. The molecule has 0 spiro atoms. The zero-order valence-corrected chi connectivity index (χ0v) is 16.2. The van der Waals surface area contributed by atoms with Crippen molar-refractivity contribution in [2.45, 2.75) is 26.7 Å². The molecule has 0 aliphatic heterocycles. The summed E-state index contributed by atoms with van der Waals surface area (Å²) in [6.07, 6.45) is 8.53. The van der Waals surface area contributed by atoms with Crippen LogP contribution in [-0.4, -0.2) is 46.8 Å². The van der Waals surface area contributed by atoms with Gasteiger partial charge in [0.1, 0.15) is 5.52 Å². The fourth-order valence-electron chi connectivity index (χ4n) is 2.60. The second kappa shape index (κ2) is 9.61. The Labute approximate surface area is 158 Å². The van der Waals surface area contributed by atoms with Gasteiger partial charge in [-0.1, -0.05) is 6.92 Å². The Balaban J connectivity index is 2.33. The van der Waals surface area contributed by atoms with Crippen molar-refractivity contribution < 1.29 is 4.39 Å². The third-order valence-corrected chi connectivity index (χ3v) is 4.08. The number of nitrogens with one attached hydrogen (secondary N) is 1. The predicted molar refractivity (Wildman–Crippen MR) is 111 cm³/mol. The van der Waals surface area contributed by atoms with Crippen molar-refractivity contribution in [3.05, 3.63) is 41.8 Å². The van der Waals surface area contributed by atoms with Gasteiger partial charge < -0.3 is 11.1 Å². The molecule has 2 heterocycles. The summed E-state index contributed by atoms with van der Waals surface area (Å²) in [6.45, 7) is 3.53. The van der Waals surface area contributed by atoms with Crippen LogP contribution in [0.4, 0.5) is 16.2 Å². The van der Waals surface area contributed by atoms with Crippen LogP contribution in [0.5, 0.6) is 0 Å². The number of nitrogens with zero attached hydrogens (tertiary/aromatic N) is 5. The zero-order valence-electron chi connectivity index (χ0n) is 16.2. The number of halogens is 1. The number of rotatable bonds is 8. The van der Waals surface area contributed by atoms with Crippen molar-refractivity contribution >= 4 is 28.7 Å². The summed E-state index contributed by atoms with van der Waals surface area (Å²) in [5.41, 5.74) is 9.97. The molecule has 0 aliphatic carbocycles. The van der Waals surface area contributed by atoms with Gasteiger partial charge in [-0.05, 0) is 43.6 Å². The van der Waals surface area contributed by atoms with Gasteiger partial charge in [-0.2, -0.15) is 4.98 Å². The quantitative estimate of drug-likeness (QED) is 0.695. The van der Waals surface area contributed by atoms with Crippen molar-refractivity contribution in [3.63, 3.8) is 0 Å². The Kier molecular flexibility index (Phi) is 7.22. The standard InChI is InChI=1S/C19H26FN7/c1-5-14(8-10-20)12-24-13(2)6-7-16(22-3)15-9-11-27-17(15)18(23-4)25-19(21)26-27/h6-7,9,11-12H,5,8,10H2,1-4H3,(H3,21,23,25,26)/b7-6-,14-12+,22-16?,24-13-. The largest absolute Gasteiger partial charge is 0.371 e. The van der Waals surface area contributed by atoms with Gasteiger partial charge in [-0.3, -0.25) is 14.4 Å². The maximum Gasteiger partial charge on any atom is 0.240 e. The maximum atomic E-state index is 12.5. The first kappa shape index (κ1) is 20.3. The van der Waals surface area contributed by atoms with Crippen molar-refractivity contribution in [3.8, 4) is 0 Å². The summed E-state index contributed by atoms with van der Waals surface area (Å²) < 4.78 is 14.2. The topological polar surface area (TPSA) is 93.0 Å². The molecule has 2 aromatic heterocycles. The molecule has 0 bridgehead atoms. The molecule has 0 amide bonds. The Morgan fingerprint density at radius 2 is 2.19 bits per heavy atom. The van der Waals surface area contributed by atoms with E-state index in [2.05, 4.69) is 25.4 Å². The van der Waals surface area contributed by atoms with Gasteiger partial charge in [0.05, 0.1) is 12.4 Å². The molecule has 0 aliphatic rings. The molecule has 0 atom stereocenters. The lowest BCUT2D eigenvalue weighted by Gasteiger charge is -2.06. The zero-order chi connectivity index (χ0) is 19.8. The molecule has 8 heteroatoms. The lowest BCUT2D eigenvalue weighted by molar-refractivity contribution is 0.490. The van der Waals surface area contributed by atoms with E-state index in [9.17, 15) is 4.39 Å². The molecule has 0 fully saturated rings. The van der Waals surface area contributed by atoms with Crippen LogP contribution in [0.3, 0.4) is 0 Å². The smallest absolute Gasteiger partial charge is 0.240 e. The summed E-state index contributed by atoms with van der Waals surface area (Å²) >= 11 is 0. The fourth-order valence-corrected chi connectivity index (χ4v) is 2.60. The van der Waals surface area contributed by atoms with Crippen molar-refractivity contribution in [1.82, 2.24) is 14.6 Å². The lowest BCUT2D eigenvalue weighted by Crippen LogP contribution is -2.07. The van der Waals surface area contributed by atoms with Crippen LogP contribution in [0.25, 0.3) is 5.52 Å². The van der Waals surface area contributed by atoms with Crippen LogP contribution < -0.4 is 11.1 Å². The van der Waals surface area contributed by atoms with Crippen LogP contribution in [-0.2, 0) is 0 Å². The van der Waals surface area contributed by atoms with Crippen LogP contribution in [0, 0.1) is 0 Å². The third-order valence-electron chi connectivity index (χ3n) is 4.08. The minimum atomic E-state index is -0.362. The van der Waals surface area contributed by atoms with Gasteiger partial charge in [0.25, 0.3) is 0 Å². The third kappa shape index (κ3) is 4.99. The molecular weight excluding hydrogens is 345 g/mol. The number of fused-ring (bicyclic) bond motifs is 1. The molecule has 3 N–H and O–H groups in total. The van der Waals surface area contributed by atoms with E-state index < -0.39 is 0 Å². The second-order valence-corrected chi connectivity index (χ2v) is 5.88. The average molecular weight is 371 g/mol. The number of alkyl halides is 1.